The fourth-order valence-electron chi connectivity index (χ4n) is 1.34. The molecular weight excluding hydrogens is 216 g/mol. The lowest BCUT2D eigenvalue weighted by Crippen LogP contribution is -2.47. The van der Waals surface area contributed by atoms with Crippen LogP contribution in [0.4, 0.5) is 0 Å². The number of nitrogens with one attached hydrogen (secondary N) is 3. The molecule has 0 saturated heterocycles. The second kappa shape index (κ2) is 8.31. The Hall–Kier alpha value is -0.810. The maximum Gasteiger partial charge on any atom is 0.191 e. The Balaban J connectivity index is 3.77. The van der Waals surface area contributed by atoms with E-state index in [2.05, 4.69) is 48.6 Å². The average molecular weight is 244 g/mol. The van der Waals surface area contributed by atoms with Crippen LogP contribution in [0.15, 0.2) is 4.99 Å². The van der Waals surface area contributed by atoms with Gasteiger partial charge in [-0.05, 0) is 27.7 Å². The predicted octanol–water partition coefficient (Wildman–Crippen LogP) is 0.574. The topological polar surface area (TPSA) is 57.7 Å². The van der Waals surface area contributed by atoms with Crippen molar-refractivity contribution in [2.45, 2.75) is 39.3 Å². The summed E-state index contributed by atoms with van der Waals surface area (Å²) in [6, 6.07) is 0.252. The zero-order valence-corrected chi connectivity index (χ0v) is 12.1. The molecule has 0 aromatic rings. The normalized spacial score (nSPS) is 14.6. The number of nitrogens with zero attached hydrogens (tertiary/aromatic N) is 1. The van der Waals surface area contributed by atoms with Gasteiger partial charge in [0.25, 0.3) is 0 Å². The summed E-state index contributed by atoms with van der Waals surface area (Å²) in [5.41, 5.74) is 0.155. The third-order valence-corrected chi connectivity index (χ3v) is 2.10. The minimum absolute atomic E-state index is 0.155. The Morgan fingerprint density at radius 3 is 2.41 bits per heavy atom. The van der Waals surface area contributed by atoms with Crippen molar-refractivity contribution in [3.8, 4) is 0 Å². The molecule has 0 heterocycles. The average Bonchev–Trinajstić information content (AvgIpc) is 2.21. The maximum absolute atomic E-state index is 5.06. The van der Waals surface area contributed by atoms with E-state index in [9.17, 15) is 0 Å². The Labute approximate surface area is 105 Å². The van der Waals surface area contributed by atoms with E-state index < -0.39 is 0 Å². The predicted molar refractivity (Wildman–Crippen MR) is 73.6 cm³/mol. The number of guanidine groups is 1. The lowest BCUT2D eigenvalue weighted by molar-refractivity contribution is 0.179. The Morgan fingerprint density at radius 1 is 1.29 bits per heavy atom. The fourth-order valence-corrected chi connectivity index (χ4v) is 1.34. The van der Waals surface area contributed by atoms with E-state index in [1.54, 1.807) is 14.2 Å². The van der Waals surface area contributed by atoms with Crippen LogP contribution in [0.2, 0.25) is 0 Å². The molecule has 0 spiro atoms. The van der Waals surface area contributed by atoms with Gasteiger partial charge in [0.05, 0.1) is 6.61 Å². The van der Waals surface area contributed by atoms with Gasteiger partial charge in [-0.25, -0.2) is 0 Å². The molecule has 0 radical (unpaired) electrons. The van der Waals surface area contributed by atoms with Crippen molar-refractivity contribution in [3.05, 3.63) is 0 Å². The highest BCUT2D eigenvalue weighted by atomic mass is 16.5. The monoisotopic (exact) mass is 244 g/mol. The molecule has 102 valence electrons. The molecule has 1 atom stereocenters. The van der Waals surface area contributed by atoms with Gasteiger partial charge in [0.15, 0.2) is 5.96 Å². The molecule has 0 aliphatic heterocycles. The van der Waals surface area contributed by atoms with Gasteiger partial charge in [-0.2, -0.15) is 0 Å². The van der Waals surface area contributed by atoms with Crippen LogP contribution in [0.5, 0.6) is 0 Å². The summed E-state index contributed by atoms with van der Waals surface area (Å²) < 4.78 is 5.06. The lowest BCUT2D eigenvalue weighted by Gasteiger charge is -2.22. The summed E-state index contributed by atoms with van der Waals surface area (Å²) >= 11 is 0. The highest BCUT2D eigenvalue weighted by molar-refractivity contribution is 5.79. The van der Waals surface area contributed by atoms with E-state index in [-0.39, 0.29) is 11.6 Å². The second-order valence-corrected chi connectivity index (χ2v) is 5.18. The summed E-state index contributed by atoms with van der Waals surface area (Å²) in [5.74, 6) is 0.810. The maximum atomic E-state index is 5.06. The van der Waals surface area contributed by atoms with Crippen molar-refractivity contribution in [3.63, 3.8) is 0 Å². The SMILES string of the molecule is CN=C(NCCNC(C)(C)C)NC(C)COC. The number of methoxy groups -OCH3 is 1. The Bertz CT molecular complexity index is 223. The molecule has 0 aliphatic carbocycles. The molecule has 0 rings (SSSR count). The molecule has 0 bridgehead atoms. The standard InChI is InChI=1S/C12H28N4O/c1-10(9-17-6)16-11(13-5)14-7-8-15-12(2,3)4/h10,15H,7-9H2,1-6H3,(H2,13,14,16). The third-order valence-electron chi connectivity index (χ3n) is 2.10. The van der Waals surface area contributed by atoms with Crippen LogP contribution < -0.4 is 16.0 Å². The first-order valence-corrected chi connectivity index (χ1v) is 6.10. The molecule has 0 aromatic heterocycles. The summed E-state index contributed by atoms with van der Waals surface area (Å²) in [6.45, 7) is 10.9. The van der Waals surface area contributed by atoms with Crippen LogP contribution in [0.3, 0.4) is 0 Å². The summed E-state index contributed by atoms with van der Waals surface area (Å²) in [5, 5.41) is 9.91. The largest absolute Gasteiger partial charge is 0.383 e. The highest BCUT2D eigenvalue weighted by Gasteiger charge is 2.08. The smallest absolute Gasteiger partial charge is 0.191 e. The summed E-state index contributed by atoms with van der Waals surface area (Å²) in [7, 11) is 3.47. The van der Waals surface area contributed by atoms with Crippen molar-refractivity contribution in [1.82, 2.24) is 16.0 Å². The van der Waals surface area contributed by atoms with Gasteiger partial charge in [-0.1, -0.05) is 0 Å². The Morgan fingerprint density at radius 2 is 1.94 bits per heavy atom. The van der Waals surface area contributed by atoms with Gasteiger partial charge >= 0.3 is 0 Å². The molecule has 0 aromatic carbocycles. The minimum Gasteiger partial charge on any atom is -0.383 e. The van der Waals surface area contributed by atoms with Gasteiger partial charge in [-0.15, -0.1) is 0 Å². The van der Waals surface area contributed by atoms with Crippen molar-refractivity contribution in [2.24, 2.45) is 4.99 Å². The molecule has 3 N–H and O–H groups in total. The Kier molecular flexibility index (Phi) is 7.91. The van der Waals surface area contributed by atoms with Crippen molar-refractivity contribution < 1.29 is 4.74 Å². The van der Waals surface area contributed by atoms with Crippen LogP contribution >= 0.6 is 0 Å². The molecule has 5 nitrogen and oxygen atoms in total. The van der Waals surface area contributed by atoms with Gasteiger partial charge in [0.2, 0.25) is 0 Å². The van der Waals surface area contributed by atoms with E-state index in [1.165, 1.54) is 0 Å². The summed E-state index contributed by atoms with van der Waals surface area (Å²) in [4.78, 5) is 4.16. The first-order chi connectivity index (χ1) is 7.89. The quantitative estimate of drug-likeness (QED) is 0.363. The molecule has 5 heteroatoms. The molecular formula is C12H28N4O. The van der Waals surface area contributed by atoms with Gasteiger partial charge in [0.1, 0.15) is 0 Å². The number of ether oxygens (including phenoxy) is 1. The van der Waals surface area contributed by atoms with E-state index in [0.29, 0.717) is 6.61 Å². The van der Waals surface area contributed by atoms with Crippen LogP contribution in [0.1, 0.15) is 27.7 Å². The van der Waals surface area contributed by atoms with Gasteiger partial charge in [0, 0.05) is 38.8 Å². The molecule has 0 amide bonds. The first-order valence-electron chi connectivity index (χ1n) is 6.10. The van der Waals surface area contributed by atoms with E-state index in [1.807, 2.05) is 0 Å². The zero-order chi connectivity index (χ0) is 13.3. The van der Waals surface area contributed by atoms with Crippen molar-refractivity contribution in [2.75, 3.05) is 33.9 Å². The van der Waals surface area contributed by atoms with E-state index in [0.717, 1.165) is 19.0 Å². The molecule has 17 heavy (non-hydrogen) atoms. The molecule has 0 saturated carbocycles. The molecule has 0 aliphatic rings. The highest BCUT2D eigenvalue weighted by Crippen LogP contribution is 1.96. The number of hydrogen-bond acceptors (Lipinski definition) is 3. The lowest BCUT2D eigenvalue weighted by atomic mass is 10.1. The number of aliphatic imine (C=N–C) groups is 1. The van der Waals surface area contributed by atoms with Gasteiger partial charge < -0.3 is 20.7 Å². The van der Waals surface area contributed by atoms with Crippen LogP contribution in [-0.2, 0) is 4.74 Å². The van der Waals surface area contributed by atoms with Crippen LogP contribution in [0.25, 0.3) is 0 Å². The molecule has 1 unspecified atom stereocenters. The number of hydrogen-bond donors (Lipinski definition) is 3. The van der Waals surface area contributed by atoms with Crippen LogP contribution in [0, 0.1) is 0 Å². The van der Waals surface area contributed by atoms with Crippen LogP contribution in [-0.4, -0.2) is 51.4 Å². The number of rotatable bonds is 6. The molecule has 0 fully saturated rings. The second-order valence-electron chi connectivity index (χ2n) is 5.18. The van der Waals surface area contributed by atoms with E-state index in [4.69, 9.17) is 4.74 Å². The van der Waals surface area contributed by atoms with Gasteiger partial charge in [-0.3, -0.25) is 4.99 Å². The van der Waals surface area contributed by atoms with Crippen molar-refractivity contribution in [1.29, 1.82) is 0 Å². The van der Waals surface area contributed by atoms with Crippen molar-refractivity contribution >= 4 is 5.96 Å². The zero-order valence-electron chi connectivity index (χ0n) is 12.1. The van der Waals surface area contributed by atoms with E-state index >= 15 is 0 Å². The minimum atomic E-state index is 0.155. The third kappa shape index (κ3) is 10.1. The first kappa shape index (κ1) is 16.2. The summed E-state index contributed by atoms with van der Waals surface area (Å²) in [6.07, 6.45) is 0. The fraction of sp³-hybridized carbons (Fsp3) is 0.917.